The van der Waals surface area contributed by atoms with Crippen LogP contribution in [0.4, 0.5) is 0 Å². The summed E-state index contributed by atoms with van der Waals surface area (Å²) in [5.74, 6) is 1.82. The zero-order chi connectivity index (χ0) is 14.1. The van der Waals surface area contributed by atoms with Gasteiger partial charge in [-0.2, -0.15) is 0 Å². The SMILES string of the molecule is CC1CCCC(N(C)C(=O)CC2CC3CCC(C2)N3)C1. The molecule has 4 atom stereocenters. The van der Waals surface area contributed by atoms with Crippen LogP contribution < -0.4 is 5.32 Å². The molecule has 114 valence electrons. The van der Waals surface area contributed by atoms with Crippen molar-refractivity contribution in [2.24, 2.45) is 11.8 Å². The van der Waals surface area contributed by atoms with Gasteiger partial charge in [0.2, 0.25) is 5.91 Å². The molecule has 3 nitrogen and oxygen atoms in total. The molecular formula is C17H30N2O. The first-order chi connectivity index (χ1) is 9.61. The minimum Gasteiger partial charge on any atom is -0.343 e. The van der Waals surface area contributed by atoms with Crippen molar-refractivity contribution in [2.75, 3.05) is 7.05 Å². The molecule has 3 heteroatoms. The van der Waals surface area contributed by atoms with Crippen LogP contribution in [0.3, 0.4) is 0 Å². The molecule has 0 aromatic heterocycles. The zero-order valence-corrected chi connectivity index (χ0v) is 13.1. The second-order valence-electron chi connectivity index (χ2n) is 7.61. The lowest BCUT2D eigenvalue weighted by molar-refractivity contribution is -0.134. The summed E-state index contributed by atoms with van der Waals surface area (Å²) in [4.78, 5) is 14.6. The molecule has 3 aliphatic rings. The van der Waals surface area contributed by atoms with Crippen molar-refractivity contribution < 1.29 is 4.79 Å². The Morgan fingerprint density at radius 2 is 1.80 bits per heavy atom. The highest BCUT2D eigenvalue weighted by Crippen LogP contribution is 2.34. The number of rotatable bonds is 3. The summed E-state index contributed by atoms with van der Waals surface area (Å²) >= 11 is 0. The van der Waals surface area contributed by atoms with Gasteiger partial charge in [-0.1, -0.05) is 19.8 Å². The molecule has 1 aliphatic carbocycles. The van der Waals surface area contributed by atoms with E-state index in [4.69, 9.17) is 0 Å². The maximum Gasteiger partial charge on any atom is 0.222 e. The number of carbonyl (C=O) groups excluding carboxylic acids is 1. The monoisotopic (exact) mass is 278 g/mol. The predicted octanol–water partition coefficient (Wildman–Crippen LogP) is 2.94. The topological polar surface area (TPSA) is 32.3 Å². The maximum atomic E-state index is 12.6. The van der Waals surface area contributed by atoms with E-state index in [9.17, 15) is 4.79 Å². The molecule has 0 aromatic rings. The minimum atomic E-state index is 0.399. The number of fused-ring (bicyclic) bond motifs is 2. The van der Waals surface area contributed by atoms with Gasteiger partial charge in [0.1, 0.15) is 0 Å². The number of hydrogen-bond donors (Lipinski definition) is 1. The number of nitrogens with one attached hydrogen (secondary N) is 1. The maximum absolute atomic E-state index is 12.6. The first-order valence-corrected chi connectivity index (χ1v) is 8.63. The molecule has 2 saturated heterocycles. The number of nitrogens with zero attached hydrogens (tertiary/aromatic N) is 1. The second kappa shape index (κ2) is 6.05. The summed E-state index contributed by atoms with van der Waals surface area (Å²) in [5.41, 5.74) is 0. The molecule has 1 N–H and O–H groups in total. The van der Waals surface area contributed by atoms with Gasteiger partial charge in [-0.05, 0) is 50.4 Å². The molecule has 1 saturated carbocycles. The van der Waals surface area contributed by atoms with Gasteiger partial charge in [-0.3, -0.25) is 4.79 Å². The fourth-order valence-electron chi connectivity index (χ4n) is 4.69. The van der Waals surface area contributed by atoms with Gasteiger partial charge in [-0.25, -0.2) is 0 Å². The summed E-state index contributed by atoms with van der Waals surface area (Å²) in [6.07, 6.45) is 10.9. The van der Waals surface area contributed by atoms with Gasteiger partial charge < -0.3 is 10.2 Å². The molecule has 0 spiro atoms. The number of carbonyl (C=O) groups is 1. The highest BCUT2D eigenvalue weighted by molar-refractivity contribution is 5.76. The van der Waals surface area contributed by atoms with Crippen LogP contribution in [0.15, 0.2) is 0 Å². The molecule has 2 heterocycles. The van der Waals surface area contributed by atoms with E-state index in [2.05, 4.69) is 17.1 Å². The second-order valence-corrected chi connectivity index (χ2v) is 7.61. The first kappa shape index (κ1) is 14.4. The Morgan fingerprint density at radius 1 is 1.10 bits per heavy atom. The van der Waals surface area contributed by atoms with Crippen LogP contribution in [0, 0.1) is 11.8 Å². The third-order valence-corrected chi connectivity index (χ3v) is 5.88. The summed E-state index contributed by atoms with van der Waals surface area (Å²) < 4.78 is 0. The van der Waals surface area contributed by atoms with E-state index < -0.39 is 0 Å². The summed E-state index contributed by atoms with van der Waals surface area (Å²) in [6.45, 7) is 2.33. The quantitative estimate of drug-likeness (QED) is 0.861. The van der Waals surface area contributed by atoms with Crippen molar-refractivity contribution in [3.8, 4) is 0 Å². The Kier molecular flexibility index (Phi) is 4.34. The molecule has 3 fully saturated rings. The van der Waals surface area contributed by atoms with Gasteiger partial charge >= 0.3 is 0 Å². The van der Waals surface area contributed by atoms with Crippen LogP contribution in [-0.4, -0.2) is 36.0 Å². The third kappa shape index (κ3) is 3.19. The van der Waals surface area contributed by atoms with Crippen molar-refractivity contribution in [2.45, 2.75) is 82.8 Å². The number of hydrogen-bond acceptors (Lipinski definition) is 2. The van der Waals surface area contributed by atoms with Crippen LogP contribution in [0.5, 0.6) is 0 Å². The third-order valence-electron chi connectivity index (χ3n) is 5.88. The van der Waals surface area contributed by atoms with E-state index in [0.717, 1.165) is 12.3 Å². The van der Waals surface area contributed by atoms with Gasteiger partial charge in [0.15, 0.2) is 0 Å². The largest absolute Gasteiger partial charge is 0.343 e. The minimum absolute atomic E-state index is 0.399. The summed E-state index contributed by atoms with van der Waals surface area (Å²) in [5, 5.41) is 3.67. The first-order valence-electron chi connectivity index (χ1n) is 8.63. The normalized spacial score (nSPS) is 40.6. The smallest absolute Gasteiger partial charge is 0.222 e. The Labute approximate surface area is 123 Å². The number of amides is 1. The van der Waals surface area contributed by atoms with Crippen LogP contribution in [-0.2, 0) is 4.79 Å². The van der Waals surface area contributed by atoms with Gasteiger partial charge in [-0.15, -0.1) is 0 Å². The van der Waals surface area contributed by atoms with E-state index in [1.165, 1.54) is 51.4 Å². The van der Waals surface area contributed by atoms with E-state index in [-0.39, 0.29) is 0 Å². The Bertz CT molecular complexity index is 345. The lowest BCUT2D eigenvalue weighted by Gasteiger charge is -2.36. The molecular weight excluding hydrogens is 248 g/mol. The molecule has 20 heavy (non-hydrogen) atoms. The molecule has 3 rings (SSSR count). The average Bonchev–Trinajstić information content (AvgIpc) is 2.77. The molecule has 2 bridgehead atoms. The Balaban J connectivity index is 1.50. The highest BCUT2D eigenvalue weighted by atomic mass is 16.2. The van der Waals surface area contributed by atoms with Crippen LogP contribution in [0.1, 0.15) is 64.7 Å². The van der Waals surface area contributed by atoms with E-state index >= 15 is 0 Å². The van der Waals surface area contributed by atoms with Crippen LogP contribution in [0.2, 0.25) is 0 Å². The summed E-state index contributed by atoms with van der Waals surface area (Å²) in [7, 11) is 2.04. The molecule has 4 unspecified atom stereocenters. The van der Waals surface area contributed by atoms with Crippen molar-refractivity contribution in [1.82, 2.24) is 10.2 Å². The number of piperidine rings is 1. The van der Waals surface area contributed by atoms with E-state index in [1.54, 1.807) is 0 Å². The molecule has 1 amide bonds. The van der Waals surface area contributed by atoms with Crippen molar-refractivity contribution >= 4 is 5.91 Å². The zero-order valence-electron chi connectivity index (χ0n) is 13.1. The van der Waals surface area contributed by atoms with E-state index in [0.29, 0.717) is 30.0 Å². The van der Waals surface area contributed by atoms with Crippen molar-refractivity contribution in [3.05, 3.63) is 0 Å². The molecule has 0 aromatic carbocycles. The highest BCUT2D eigenvalue weighted by Gasteiger charge is 2.35. The lowest BCUT2D eigenvalue weighted by Crippen LogP contribution is -2.43. The summed E-state index contributed by atoms with van der Waals surface area (Å²) in [6, 6.07) is 1.91. The van der Waals surface area contributed by atoms with Crippen molar-refractivity contribution in [3.63, 3.8) is 0 Å². The molecule has 2 aliphatic heterocycles. The van der Waals surface area contributed by atoms with Gasteiger partial charge in [0.05, 0.1) is 0 Å². The Hall–Kier alpha value is -0.570. The van der Waals surface area contributed by atoms with Gasteiger partial charge in [0.25, 0.3) is 0 Å². The average molecular weight is 278 g/mol. The van der Waals surface area contributed by atoms with Gasteiger partial charge in [0, 0.05) is 31.6 Å². The molecule has 0 radical (unpaired) electrons. The lowest BCUT2D eigenvalue weighted by atomic mass is 9.85. The fourth-order valence-corrected chi connectivity index (χ4v) is 4.69. The van der Waals surface area contributed by atoms with E-state index in [1.807, 2.05) is 7.05 Å². The van der Waals surface area contributed by atoms with Crippen molar-refractivity contribution in [1.29, 1.82) is 0 Å². The standard InChI is InChI=1S/C17H30N2O/c1-12-4-3-5-16(8-12)19(2)17(20)11-13-9-14-6-7-15(10-13)18-14/h12-16,18H,3-11H2,1-2H3. The Morgan fingerprint density at radius 3 is 2.45 bits per heavy atom. The predicted molar refractivity (Wildman–Crippen MR) is 81.5 cm³/mol. The fraction of sp³-hybridized carbons (Fsp3) is 0.941. The van der Waals surface area contributed by atoms with Crippen LogP contribution >= 0.6 is 0 Å². The van der Waals surface area contributed by atoms with Crippen LogP contribution in [0.25, 0.3) is 0 Å².